The minimum atomic E-state index is -1.17. The van der Waals surface area contributed by atoms with Gasteiger partial charge in [0.05, 0.1) is 10.8 Å². The van der Waals surface area contributed by atoms with Crippen molar-refractivity contribution in [2.75, 3.05) is 32.0 Å². The van der Waals surface area contributed by atoms with Crippen molar-refractivity contribution in [2.24, 2.45) is 5.92 Å². The maximum Gasteiger partial charge on any atom is 0.260 e. The van der Waals surface area contributed by atoms with Gasteiger partial charge in [-0.15, -0.1) is 0 Å². The molecule has 140 valence electrons. The van der Waals surface area contributed by atoms with Crippen LogP contribution in [0.1, 0.15) is 25.7 Å². The molecule has 2 amide bonds. The Kier molecular flexibility index (Phi) is 4.73. The van der Waals surface area contributed by atoms with E-state index < -0.39 is 15.7 Å². The van der Waals surface area contributed by atoms with E-state index in [1.165, 1.54) is 0 Å². The van der Waals surface area contributed by atoms with Crippen LogP contribution in [-0.2, 0) is 20.4 Å². The summed E-state index contributed by atoms with van der Waals surface area (Å²) in [7, 11) is -1.17. The average Bonchev–Trinajstić information content (AvgIpc) is 3.45. The normalized spacial score (nSPS) is 24.9. The van der Waals surface area contributed by atoms with E-state index in [4.69, 9.17) is 4.74 Å². The zero-order valence-corrected chi connectivity index (χ0v) is 15.6. The fraction of sp³-hybridized carbons (Fsp3) is 0.579. The van der Waals surface area contributed by atoms with Crippen LogP contribution in [0.5, 0.6) is 5.75 Å². The number of piperidine rings is 1. The lowest BCUT2D eigenvalue weighted by Crippen LogP contribution is -2.56. The molecular formula is C19H24N2O4S. The number of carbonyl (C=O) groups excluding carboxylic acids is 2. The second kappa shape index (κ2) is 7.02. The van der Waals surface area contributed by atoms with Crippen LogP contribution in [0.15, 0.2) is 30.3 Å². The SMILES string of the molecule is O=C(COc1ccccc1)N1CCC2(CC1)N(CC1CC1)C(=O)CS2=O. The van der Waals surface area contributed by atoms with Crippen LogP contribution in [-0.4, -0.2) is 62.7 Å². The number of carbonyl (C=O) groups is 2. The first-order chi connectivity index (χ1) is 12.6. The molecule has 1 spiro atoms. The van der Waals surface area contributed by atoms with Gasteiger partial charge in [-0.3, -0.25) is 13.8 Å². The summed E-state index contributed by atoms with van der Waals surface area (Å²) in [4.78, 5) is 27.8. The fourth-order valence-electron chi connectivity index (χ4n) is 3.86. The van der Waals surface area contributed by atoms with E-state index in [1.54, 1.807) is 4.90 Å². The van der Waals surface area contributed by atoms with Gasteiger partial charge in [-0.2, -0.15) is 0 Å². The zero-order valence-electron chi connectivity index (χ0n) is 14.8. The lowest BCUT2D eigenvalue weighted by atomic mass is 10.0. The third kappa shape index (κ3) is 3.37. The van der Waals surface area contributed by atoms with Crippen molar-refractivity contribution in [3.05, 3.63) is 30.3 Å². The van der Waals surface area contributed by atoms with Crippen LogP contribution in [0.25, 0.3) is 0 Å². The molecule has 26 heavy (non-hydrogen) atoms. The van der Waals surface area contributed by atoms with Crippen molar-refractivity contribution in [2.45, 2.75) is 30.6 Å². The van der Waals surface area contributed by atoms with Gasteiger partial charge in [-0.05, 0) is 30.9 Å². The van der Waals surface area contributed by atoms with Crippen molar-refractivity contribution in [3.8, 4) is 5.75 Å². The summed E-state index contributed by atoms with van der Waals surface area (Å²) >= 11 is 0. The maximum absolute atomic E-state index is 12.7. The summed E-state index contributed by atoms with van der Waals surface area (Å²) in [5.74, 6) is 1.34. The molecule has 0 radical (unpaired) electrons. The van der Waals surface area contributed by atoms with Gasteiger partial charge < -0.3 is 14.5 Å². The summed E-state index contributed by atoms with van der Waals surface area (Å²) < 4.78 is 18.2. The Morgan fingerprint density at radius 1 is 1.19 bits per heavy atom. The molecule has 0 bridgehead atoms. The molecule has 3 aliphatic rings. The quantitative estimate of drug-likeness (QED) is 0.779. The third-order valence-electron chi connectivity index (χ3n) is 5.61. The number of benzene rings is 1. The largest absolute Gasteiger partial charge is 0.484 e. The highest BCUT2D eigenvalue weighted by atomic mass is 32.2. The molecule has 2 aliphatic heterocycles. The molecular weight excluding hydrogens is 352 g/mol. The highest BCUT2D eigenvalue weighted by molar-refractivity contribution is 7.87. The fourth-order valence-corrected chi connectivity index (χ4v) is 5.57. The molecule has 4 rings (SSSR count). The zero-order chi connectivity index (χ0) is 18.1. The maximum atomic E-state index is 12.7. The Balaban J connectivity index is 1.35. The third-order valence-corrected chi connectivity index (χ3v) is 7.60. The minimum Gasteiger partial charge on any atom is -0.484 e. The summed E-state index contributed by atoms with van der Waals surface area (Å²) in [5, 5.41) is 0. The molecule has 1 aliphatic carbocycles. The van der Waals surface area contributed by atoms with Crippen molar-refractivity contribution >= 4 is 22.6 Å². The number of ether oxygens (including phenoxy) is 1. The smallest absolute Gasteiger partial charge is 0.260 e. The molecule has 1 aromatic carbocycles. The second-order valence-electron chi connectivity index (χ2n) is 7.37. The van der Waals surface area contributed by atoms with Crippen molar-refractivity contribution in [1.29, 1.82) is 0 Å². The van der Waals surface area contributed by atoms with E-state index in [0.717, 1.165) is 19.4 Å². The van der Waals surface area contributed by atoms with Crippen LogP contribution in [0.3, 0.4) is 0 Å². The summed E-state index contributed by atoms with van der Waals surface area (Å²) in [6, 6.07) is 9.27. The van der Waals surface area contributed by atoms with Gasteiger partial charge >= 0.3 is 0 Å². The van der Waals surface area contributed by atoms with Gasteiger partial charge in [0.15, 0.2) is 6.61 Å². The lowest BCUT2D eigenvalue weighted by molar-refractivity contribution is -0.137. The molecule has 7 heteroatoms. The Morgan fingerprint density at radius 3 is 2.54 bits per heavy atom. The molecule has 2 heterocycles. The predicted octanol–water partition coefficient (Wildman–Crippen LogP) is 1.38. The van der Waals surface area contributed by atoms with E-state index >= 15 is 0 Å². The molecule has 0 N–H and O–H groups in total. The minimum absolute atomic E-state index is 0.00478. The molecule has 1 atom stereocenters. The average molecular weight is 376 g/mol. The Hall–Kier alpha value is -1.89. The molecule has 1 saturated carbocycles. The lowest BCUT2D eigenvalue weighted by Gasteiger charge is -2.43. The molecule has 0 aromatic heterocycles. The van der Waals surface area contributed by atoms with Gasteiger partial charge in [-0.1, -0.05) is 18.2 Å². The van der Waals surface area contributed by atoms with E-state index in [1.807, 2.05) is 35.2 Å². The Labute approximate surface area is 155 Å². The van der Waals surface area contributed by atoms with Crippen LogP contribution in [0.2, 0.25) is 0 Å². The first-order valence-electron chi connectivity index (χ1n) is 9.23. The van der Waals surface area contributed by atoms with Crippen LogP contribution in [0, 0.1) is 5.92 Å². The number of hydrogen-bond donors (Lipinski definition) is 0. The number of amides is 2. The van der Waals surface area contributed by atoms with Gasteiger partial charge in [0, 0.05) is 32.5 Å². The van der Waals surface area contributed by atoms with Gasteiger partial charge in [0.2, 0.25) is 5.91 Å². The van der Waals surface area contributed by atoms with Crippen LogP contribution in [0.4, 0.5) is 0 Å². The van der Waals surface area contributed by atoms with E-state index in [9.17, 15) is 13.8 Å². The summed E-state index contributed by atoms with van der Waals surface area (Å²) in [5.41, 5.74) is 0. The first-order valence-corrected chi connectivity index (χ1v) is 10.5. The first kappa shape index (κ1) is 17.5. The summed E-state index contributed by atoms with van der Waals surface area (Å²) in [6.07, 6.45) is 3.51. The number of rotatable bonds is 5. The topological polar surface area (TPSA) is 66.9 Å². The molecule has 3 fully saturated rings. The number of likely N-dealkylation sites (tertiary alicyclic amines) is 1. The monoisotopic (exact) mass is 376 g/mol. The highest BCUT2D eigenvalue weighted by Crippen LogP contribution is 2.41. The van der Waals surface area contributed by atoms with E-state index in [0.29, 0.717) is 37.6 Å². The van der Waals surface area contributed by atoms with Crippen molar-refractivity contribution < 1.29 is 18.5 Å². The van der Waals surface area contributed by atoms with E-state index in [2.05, 4.69) is 0 Å². The molecule has 2 saturated heterocycles. The predicted molar refractivity (Wildman–Crippen MR) is 97.9 cm³/mol. The Bertz CT molecular complexity index is 712. The van der Waals surface area contributed by atoms with Crippen LogP contribution < -0.4 is 4.74 Å². The molecule has 1 aromatic rings. The van der Waals surface area contributed by atoms with E-state index in [-0.39, 0.29) is 24.2 Å². The number of nitrogens with zero attached hydrogens (tertiary/aromatic N) is 2. The van der Waals surface area contributed by atoms with Gasteiger partial charge in [-0.25, -0.2) is 0 Å². The van der Waals surface area contributed by atoms with Gasteiger partial charge in [0.1, 0.15) is 16.4 Å². The summed E-state index contributed by atoms with van der Waals surface area (Å²) in [6.45, 7) is 1.79. The Morgan fingerprint density at radius 2 is 1.88 bits per heavy atom. The standard InChI is InChI=1S/C19H24N2O4S/c22-17(13-25-16-4-2-1-3-5-16)20-10-8-19(9-11-20)21(12-15-6-7-15)18(23)14-26(19)24/h1-5,15H,6-14H2. The molecule has 1 unspecified atom stereocenters. The highest BCUT2D eigenvalue weighted by Gasteiger charge is 2.54. The number of hydrogen-bond acceptors (Lipinski definition) is 4. The molecule has 6 nitrogen and oxygen atoms in total. The van der Waals surface area contributed by atoms with Crippen LogP contribution >= 0.6 is 0 Å². The van der Waals surface area contributed by atoms with Crippen molar-refractivity contribution in [1.82, 2.24) is 9.80 Å². The second-order valence-corrected chi connectivity index (χ2v) is 9.11. The van der Waals surface area contributed by atoms with Gasteiger partial charge in [0.25, 0.3) is 5.91 Å². The van der Waals surface area contributed by atoms with Crippen molar-refractivity contribution in [3.63, 3.8) is 0 Å². The number of para-hydroxylation sites is 1.